The summed E-state index contributed by atoms with van der Waals surface area (Å²) in [5, 5.41) is 10.5. The minimum Gasteiger partial charge on any atom is -0.387 e. The number of phosphoric acid groups is 3. The quantitative estimate of drug-likeness (QED) is 0.187. The highest BCUT2D eigenvalue weighted by Gasteiger charge is 2.57. The maximum atomic E-state index is 15.2. The van der Waals surface area contributed by atoms with E-state index in [4.69, 9.17) is 26.1 Å². The number of hydrogen-bond donors (Lipinski definition) is 5. The number of aryl methyl sites for hydroxylation is 1. The van der Waals surface area contributed by atoms with Gasteiger partial charge in [0.15, 0.2) is 29.4 Å². The van der Waals surface area contributed by atoms with Crippen molar-refractivity contribution in [2.75, 3.05) is 31.5 Å². The van der Waals surface area contributed by atoms with E-state index in [1.807, 2.05) is 0 Å². The zero-order valence-electron chi connectivity index (χ0n) is 18.7. The lowest BCUT2D eigenvalue weighted by atomic mass is 9.99. The summed E-state index contributed by atoms with van der Waals surface area (Å²) in [4.78, 5) is 50.5. The van der Waals surface area contributed by atoms with Crippen LogP contribution in [-0.4, -0.2) is 88.7 Å². The van der Waals surface area contributed by atoms with Crippen molar-refractivity contribution in [1.29, 1.82) is 0 Å². The fourth-order valence-electron chi connectivity index (χ4n) is 3.30. The number of nitrogens with zero attached hydrogens (tertiary/aromatic N) is 5. The summed E-state index contributed by atoms with van der Waals surface area (Å²) in [6.45, 7) is 0.425. The standard InChI is InChI=1S/C14H22ClFN5O12P3/c1-7-18-11(20(2)3)9-12(19-7)21(6-17-9)13-8(16)10(22)14(4-15,31-13)5-30-35(26,27)33-36(28,29)32-34(23,24)25/h6,8,10,13,22H,4-5H2,1-3H3,(H,26,27)(H,28,29)(H2,23,24,25)/t8-,10+,13-,14-/m1/s1. The molecule has 0 amide bonds. The van der Waals surface area contributed by atoms with Crippen LogP contribution in [-0.2, 0) is 31.6 Å². The third-order valence-electron chi connectivity index (χ3n) is 4.80. The Morgan fingerprint density at radius 1 is 1.19 bits per heavy atom. The molecule has 1 aliphatic rings. The Hall–Kier alpha value is -1.10. The molecular weight excluding hydrogens is 578 g/mol. The molecule has 6 atom stereocenters. The zero-order valence-corrected chi connectivity index (χ0v) is 22.1. The number of ether oxygens (including phenoxy) is 1. The fourth-order valence-corrected chi connectivity index (χ4v) is 6.67. The number of anilines is 1. The van der Waals surface area contributed by atoms with Crippen molar-refractivity contribution in [3.63, 3.8) is 0 Å². The van der Waals surface area contributed by atoms with Gasteiger partial charge in [-0.1, -0.05) is 0 Å². The molecular formula is C14H22ClFN5O12P3. The number of fused-ring (bicyclic) bond motifs is 1. The Morgan fingerprint density at radius 2 is 1.83 bits per heavy atom. The predicted molar refractivity (Wildman–Crippen MR) is 119 cm³/mol. The van der Waals surface area contributed by atoms with Crippen LogP contribution in [0.5, 0.6) is 0 Å². The lowest BCUT2D eigenvalue weighted by molar-refractivity contribution is -0.111. The van der Waals surface area contributed by atoms with Gasteiger partial charge in [-0.25, -0.2) is 33.0 Å². The third kappa shape index (κ3) is 6.30. The number of imidazole rings is 1. The maximum absolute atomic E-state index is 15.2. The van der Waals surface area contributed by atoms with E-state index >= 15 is 4.39 Å². The first-order chi connectivity index (χ1) is 16.4. The number of rotatable bonds is 10. The molecule has 0 spiro atoms. The zero-order chi connectivity index (χ0) is 27.3. The largest absolute Gasteiger partial charge is 0.490 e. The van der Waals surface area contributed by atoms with Crippen LogP contribution in [0.15, 0.2) is 6.33 Å². The van der Waals surface area contributed by atoms with Gasteiger partial charge in [0, 0.05) is 14.1 Å². The van der Waals surface area contributed by atoms with Gasteiger partial charge in [-0.3, -0.25) is 9.09 Å². The maximum Gasteiger partial charge on any atom is 0.490 e. The highest BCUT2D eigenvalue weighted by atomic mass is 35.5. The number of phosphoric ester groups is 1. The molecule has 0 saturated carbocycles. The smallest absolute Gasteiger partial charge is 0.387 e. The molecule has 0 aromatic carbocycles. The molecule has 204 valence electrons. The topological polar surface area (TPSA) is 236 Å². The third-order valence-corrected chi connectivity index (χ3v) is 9.03. The summed E-state index contributed by atoms with van der Waals surface area (Å²) in [6, 6.07) is 0. The van der Waals surface area contributed by atoms with Gasteiger partial charge in [0.2, 0.25) is 0 Å². The average Bonchev–Trinajstić information content (AvgIpc) is 3.23. The Kier molecular flexibility index (Phi) is 8.37. The molecule has 3 heterocycles. The molecule has 22 heteroatoms. The van der Waals surface area contributed by atoms with E-state index in [0.29, 0.717) is 11.6 Å². The molecule has 3 rings (SSSR count). The van der Waals surface area contributed by atoms with E-state index in [2.05, 4.69) is 28.1 Å². The summed E-state index contributed by atoms with van der Waals surface area (Å²) >= 11 is 5.88. The number of hydrogen-bond acceptors (Lipinski definition) is 12. The molecule has 2 aromatic rings. The molecule has 0 bridgehead atoms. The van der Waals surface area contributed by atoms with Gasteiger partial charge in [0.05, 0.1) is 18.8 Å². The summed E-state index contributed by atoms with van der Waals surface area (Å²) in [7, 11) is -13.6. The van der Waals surface area contributed by atoms with E-state index in [0.717, 1.165) is 4.57 Å². The second-order valence-electron chi connectivity index (χ2n) is 7.77. The number of aromatic nitrogens is 4. The second kappa shape index (κ2) is 10.2. The van der Waals surface area contributed by atoms with E-state index in [-0.39, 0.29) is 11.2 Å². The van der Waals surface area contributed by atoms with Gasteiger partial charge < -0.3 is 34.3 Å². The van der Waals surface area contributed by atoms with Crippen LogP contribution in [0.2, 0.25) is 0 Å². The van der Waals surface area contributed by atoms with Crippen LogP contribution in [0.3, 0.4) is 0 Å². The Morgan fingerprint density at radius 3 is 2.39 bits per heavy atom. The molecule has 0 radical (unpaired) electrons. The number of alkyl halides is 2. The first-order valence-corrected chi connectivity index (χ1v) is 14.7. The number of halogens is 2. The molecule has 1 fully saturated rings. The molecule has 0 aliphatic carbocycles. The predicted octanol–water partition coefficient (Wildman–Crippen LogP) is 0.749. The van der Waals surface area contributed by atoms with Gasteiger partial charge in [0.25, 0.3) is 0 Å². The molecule has 36 heavy (non-hydrogen) atoms. The van der Waals surface area contributed by atoms with Gasteiger partial charge in [-0.05, 0) is 6.92 Å². The van der Waals surface area contributed by atoms with Crippen LogP contribution >= 0.6 is 35.1 Å². The highest BCUT2D eigenvalue weighted by molar-refractivity contribution is 7.66. The van der Waals surface area contributed by atoms with Crippen molar-refractivity contribution in [3.8, 4) is 0 Å². The van der Waals surface area contributed by atoms with Crippen molar-refractivity contribution < 1.29 is 60.6 Å². The highest BCUT2D eigenvalue weighted by Crippen LogP contribution is 2.66. The van der Waals surface area contributed by atoms with Crippen molar-refractivity contribution >= 4 is 52.1 Å². The summed E-state index contributed by atoms with van der Waals surface area (Å²) in [5.41, 5.74) is -1.77. The number of aliphatic hydroxyl groups excluding tert-OH is 1. The molecule has 2 aromatic heterocycles. The SMILES string of the molecule is Cc1nc(N(C)C)c2ncn([C@@H]3O[C@](CCl)(COP(=O)(O)OP(=O)(O)OP(=O)(O)O)[C@@H](O)[C@H]3F)c2n1. The van der Waals surface area contributed by atoms with Crippen LogP contribution in [0.25, 0.3) is 11.2 Å². The van der Waals surface area contributed by atoms with Crippen LogP contribution in [0.4, 0.5) is 10.2 Å². The summed E-state index contributed by atoms with van der Waals surface area (Å²) in [5.74, 6) is 0.0319. The van der Waals surface area contributed by atoms with Gasteiger partial charge in [0.1, 0.15) is 17.5 Å². The molecule has 1 saturated heterocycles. The Balaban J connectivity index is 1.86. The van der Waals surface area contributed by atoms with E-state index in [1.54, 1.807) is 25.9 Å². The van der Waals surface area contributed by atoms with Crippen molar-refractivity contribution in [3.05, 3.63) is 12.2 Å². The fraction of sp³-hybridized carbons (Fsp3) is 0.643. The van der Waals surface area contributed by atoms with Gasteiger partial charge in [-0.2, -0.15) is 8.62 Å². The lowest BCUT2D eigenvalue weighted by Gasteiger charge is -2.29. The van der Waals surface area contributed by atoms with E-state index < -0.39 is 60.1 Å². The first kappa shape index (κ1) is 29.5. The van der Waals surface area contributed by atoms with Gasteiger partial charge in [-0.15, -0.1) is 11.6 Å². The summed E-state index contributed by atoms with van der Waals surface area (Å²) < 4.78 is 68.1. The van der Waals surface area contributed by atoms with E-state index in [1.165, 1.54) is 6.33 Å². The van der Waals surface area contributed by atoms with Crippen molar-refractivity contribution in [1.82, 2.24) is 19.5 Å². The minimum absolute atomic E-state index is 0.143. The van der Waals surface area contributed by atoms with Crippen LogP contribution < -0.4 is 4.90 Å². The second-order valence-corrected chi connectivity index (χ2v) is 12.5. The van der Waals surface area contributed by atoms with Gasteiger partial charge >= 0.3 is 23.5 Å². The Labute approximate surface area is 207 Å². The number of aliphatic hydroxyl groups is 1. The summed E-state index contributed by atoms with van der Waals surface area (Å²) in [6.07, 6.45) is -4.66. The minimum atomic E-state index is -5.79. The monoisotopic (exact) mass is 599 g/mol. The van der Waals surface area contributed by atoms with Crippen molar-refractivity contribution in [2.45, 2.75) is 31.0 Å². The molecule has 1 aliphatic heterocycles. The average molecular weight is 600 g/mol. The van der Waals surface area contributed by atoms with Crippen molar-refractivity contribution in [2.24, 2.45) is 0 Å². The molecule has 17 nitrogen and oxygen atoms in total. The van der Waals surface area contributed by atoms with Crippen LogP contribution in [0.1, 0.15) is 12.1 Å². The Bertz CT molecular complexity index is 1280. The lowest BCUT2D eigenvalue weighted by Crippen LogP contribution is -2.47. The van der Waals surface area contributed by atoms with Crippen LogP contribution in [0, 0.1) is 6.92 Å². The molecule has 2 unspecified atom stereocenters. The molecule has 5 N–H and O–H groups in total. The normalized spacial score (nSPS) is 28.2. The van der Waals surface area contributed by atoms with E-state index in [9.17, 15) is 28.6 Å². The first-order valence-electron chi connectivity index (χ1n) is 9.63.